The van der Waals surface area contributed by atoms with Crippen LogP contribution in [0.5, 0.6) is 5.75 Å². The summed E-state index contributed by atoms with van der Waals surface area (Å²) >= 11 is 0. The van der Waals surface area contributed by atoms with Crippen molar-refractivity contribution in [1.29, 1.82) is 5.41 Å². The third kappa shape index (κ3) is 3.17. The molecule has 0 saturated carbocycles. The van der Waals surface area contributed by atoms with Gasteiger partial charge in [-0.1, -0.05) is 30.3 Å². The lowest BCUT2D eigenvalue weighted by molar-refractivity contribution is -0.385. The van der Waals surface area contributed by atoms with Crippen LogP contribution >= 0.6 is 0 Å². The molecule has 0 bridgehead atoms. The van der Waals surface area contributed by atoms with E-state index < -0.39 is 4.92 Å². The van der Waals surface area contributed by atoms with Gasteiger partial charge in [-0.2, -0.15) is 0 Å². The molecule has 2 rings (SSSR count). The van der Waals surface area contributed by atoms with Gasteiger partial charge in [0, 0.05) is 17.2 Å². The molecule has 6 nitrogen and oxygen atoms in total. The van der Waals surface area contributed by atoms with Crippen LogP contribution in [-0.4, -0.2) is 10.8 Å². The second kappa shape index (κ2) is 6.04. The number of nitro groups is 1. The average Bonchev–Trinajstić information content (AvgIpc) is 2.46. The minimum atomic E-state index is -0.439. The molecule has 0 aliphatic rings. The number of rotatable bonds is 5. The minimum Gasteiger partial charge on any atom is -0.488 e. The average molecular weight is 285 g/mol. The van der Waals surface area contributed by atoms with E-state index in [-0.39, 0.29) is 18.1 Å². The number of ether oxygens (including phenoxy) is 1. The lowest BCUT2D eigenvalue weighted by atomic mass is 10.1. The molecule has 0 saturated heterocycles. The van der Waals surface area contributed by atoms with E-state index in [4.69, 9.17) is 15.9 Å². The van der Waals surface area contributed by atoms with E-state index in [1.165, 1.54) is 6.07 Å². The number of nitro benzene ring substituents is 1. The normalized spacial score (nSPS) is 10.1. The van der Waals surface area contributed by atoms with Gasteiger partial charge in [-0.3, -0.25) is 15.5 Å². The molecule has 0 atom stereocenters. The van der Waals surface area contributed by atoms with Crippen molar-refractivity contribution < 1.29 is 9.66 Å². The van der Waals surface area contributed by atoms with Crippen LogP contribution in [0.3, 0.4) is 0 Å². The fourth-order valence-electron chi connectivity index (χ4n) is 2.02. The molecule has 0 amide bonds. The van der Waals surface area contributed by atoms with E-state index >= 15 is 0 Å². The number of nitrogens with two attached hydrogens (primary N) is 1. The third-order valence-electron chi connectivity index (χ3n) is 3.14. The Morgan fingerprint density at radius 2 is 2.00 bits per heavy atom. The number of nitrogens with one attached hydrogen (secondary N) is 1. The Labute approximate surface area is 121 Å². The summed E-state index contributed by atoms with van der Waals surface area (Å²) in [5.41, 5.74) is 7.37. The van der Waals surface area contributed by atoms with E-state index in [1.54, 1.807) is 31.2 Å². The zero-order chi connectivity index (χ0) is 15.4. The summed E-state index contributed by atoms with van der Waals surface area (Å²) in [6.07, 6.45) is 0. The van der Waals surface area contributed by atoms with Gasteiger partial charge in [-0.15, -0.1) is 0 Å². The molecule has 2 aromatic carbocycles. The first kappa shape index (κ1) is 14.5. The molecule has 0 aromatic heterocycles. The van der Waals surface area contributed by atoms with Crippen LogP contribution in [-0.2, 0) is 6.61 Å². The predicted octanol–water partition coefficient (Wildman–Crippen LogP) is 2.77. The summed E-state index contributed by atoms with van der Waals surface area (Å²) in [5, 5.41) is 18.4. The van der Waals surface area contributed by atoms with Crippen molar-refractivity contribution in [1.82, 2.24) is 0 Å². The van der Waals surface area contributed by atoms with Crippen molar-refractivity contribution in [2.45, 2.75) is 13.5 Å². The molecular formula is C15H15N3O3. The van der Waals surface area contributed by atoms with Crippen molar-refractivity contribution in [3.63, 3.8) is 0 Å². The first-order valence-corrected chi connectivity index (χ1v) is 6.30. The van der Waals surface area contributed by atoms with Gasteiger partial charge in [0.05, 0.1) is 10.5 Å². The fourth-order valence-corrected chi connectivity index (χ4v) is 2.02. The second-order valence-electron chi connectivity index (χ2n) is 4.52. The lowest BCUT2D eigenvalue weighted by Crippen LogP contribution is -2.14. The number of hydrogen-bond acceptors (Lipinski definition) is 4. The molecule has 0 aliphatic carbocycles. The van der Waals surface area contributed by atoms with E-state index in [1.807, 2.05) is 12.1 Å². The van der Waals surface area contributed by atoms with Gasteiger partial charge in [-0.05, 0) is 13.0 Å². The number of nitrogens with zero attached hydrogens (tertiary/aromatic N) is 1. The van der Waals surface area contributed by atoms with Crippen LogP contribution in [0.2, 0.25) is 0 Å². The molecule has 21 heavy (non-hydrogen) atoms. The van der Waals surface area contributed by atoms with Crippen molar-refractivity contribution in [3.8, 4) is 5.75 Å². The molecule has 0 aliphatic heterocycles. The van der Waals surface area contributed by atoms with E-state index in [0.717, 1.165) is 5.56 Å². The SMILES string of the molecule is Cc1c(OCc2ccccc2C(=N)N)cccc1[N+](=O)[O-]. The molecule has 0 radical (unpaired) electrons. The van der Waals surface area contributed by atoms with Crippen LogP contribution in [0.4, 0.5) is 5.69 Å². The quantitative estimate of drug-likeness (QED) is 0.381. The van der Waals surface area contributed by atoms with Gasteiger partial charge < -0.3 is 10.5 Å². The largest absolute Gasteiger partial charge is 0.488 e. The van der Waals surface area contributed by atoms with Gasteiger partial charge >= 0.3 is 0 Å². The highest BCUT2D eigenvalue weighted by molar-refractivity contribution is 5.96. The van der Waals surface area contributed by atoms with E-state index in [2.05, 4.69) is 0 Å². The maximum atomic E-state index is 10.9. The van der Waals surface area contributed by atoms with Crippen molar-refractivity contribution in [3.05, 3.63) is 69.3 Å². The number of nitrogen functional groups attached to an aromatic ring is 1. The van der Waals surface area contributed by atoms with Gasteiger partial charge in [0.1, 0.15) is 18.2 Å². The zero-order valence-corrected chi connectivity index (χ0v) is 11.5. The van der Waals surface area contributed by atoms with Crippen LogP contribution < -0.4 is 10.5 Å². The summed E-state index contributed by atoms with van der Waals surface area (Å²) in [4.78, 5) is 10.5. The number of amidine groups is 1. The molecule has 0 fully saturated rings. The molecule has 0 heterocycles. The summed E-state index contributed by atoms with van der Waals surface area (Å²) in [7, 11) is 0. The van der Waals surface area contributed by atoms with Gasteiger partial charge in [0.25, 0.3) is 5.69 Å². The monoisotopic (exact) mass is 285 g/mol. The van der Waals surface area contributed by atoms with Gasteiger partial charge in [0.2, 0.25) is 0 Å². The van der Waals surface area contributed by atoms with Crippen LogP contribution in [0.15, 0.2) is 42.5 Å². The Kier molecular flexibility index (Phi) is 4.18. The smallest absolute Gasteiger partial charge is 0.276 e. The molecule has 0 unspecified atom stereocenters. The highest BCUT2D eigenvalue weighted by atomic mass is 16.6. The van der Waals surface area contributed by atoms with Gasteiger partial charge in [-0.25, -0.2) is 0 Å². The molecule has 0 spiro atoms. The lowest BCUT2D eigenvalue weighted by Gasteiger charge is -2.11. The van der Waals surface area contributed by atoms with Gasteiger partial charge in [0.15, 0.2) is 0 Å². The topological polar surface area (TPSA) is 102 Å². The maximum absolute atomic E-state index is 10.9. The summed E-state index contributed by atoms with van der Waals surface area (Å²) in [6.45, 7) is 1.84. The standard InChI is InChI=1S/C15H15N3O3/c1-10-13(18(19)20)7-4-8-14(10)21-9-11-5-2-3-6-12(11)15(16)17/h2-8H,9H2,1H3,(H3,16,17). The molecule has 2 aromatic rings. The Morgan fingerprint density at radius 1 is 1.29 bits per heavy atom. The first-order chi connectivity index (χ1) is 10.0. The van der Waals surface area contributed by atoms with Crippen LogP contribution in [0, 0.1) is 22.4 Å². The summed E-state index contributed by atoms with van der Waals surface area (Å²) in [6, 6.07) is 11.9. The highest BCUT2D eigenvalue weighted by Gasteiger charge is 2.14. The third-order valence-corrected chi connectivity index (χ3v) is 3.14. The van der Waals surface area contributed by atoms with Crippen LogP contribution in [0.1, 0.15) is 16.7 Å². The zero-order valence-electron chi connectivity index (χ0n) is 11.5. The van der Waals surface area contributed by atoms with E-state index in [9.17, 15) is 10.1 Å². The molecular weight excluding hydrogens is 270 g/mol. The summed E-state index contributed by atoms with van der Waals surface area (Å²) < 4.78 is 5.65. The number of hydrogen-bond donors (Lipinski definition) is 2. The molecule has 6 heteroatoms. The first-order valence-electron chi connectivity index (χ1n) is 6.30. The Hall–Kier alpha value is -2.89. The molecule has 108 valence electrons. The van der Waals surface area contributed by atoms with Crippen molar-refractivity contribution in [2.24, 2.45) is 5.73 Å². The van der Waals surface area contributed by atoms with E-state index in [0.29, 0.717) is 16.9 Å². The Balaban J connectivity index is 2.23. The Bertz CT molecular complexity index is 698. The second-order valence-corrected chi connectivity index (χ2v) is 4.52. The number of benzene rings is 2. The predicted molar refractivity (Wildman–Crippen MR) is 79.6 cm³/mol. The fraction of sp³-hybridized carbons (Fsp3) is 0.133. The molecule has 3 N–H and O–H groups in total. The van der Waals surface area contributed by atoms with Crippen LogP contribution in [0.25, 0.3) is 0 Å². The van der Waals surface area contributed by atoms with Crippen molar-refractivity contribution >= 4 is 11.5 Å². The van der Waals surface area contributed by atoms with Crippen molar-refractivity contribution in [2.75, 3.05) is 0 Å². The highest BCUT2D eigenvalue weighted by Crippen LogP contribution is 2.27. The summed E-state index contributed by atoms with van der Waals surface area (Å²) in [5.74, 6) is 0.410. The Morgan fingerprint density at radius 3 is 2.67 bits per heavy atom. The maximum Gasteiger partial charge on any atom is 0.276 e. The minimum absolute atomic E-state index is 0.0207.